The molecule has 1 fully saturated rings. The predicted octanol–water partition coefficient (Wildman–Crippen LogP) is 1.85. The van der Waals surface area contributed by atoms with Crippen molar-refractivity contribution in [2.75, 3.05) is 5.32 Å². The van der Waals surface area contributed by atoms with Gasteiger partial charge in [-0.15, -0.1) is 5.10 Å². The molecule has 1 aliphatic rings. The van der Waals surface area contributed by atoms with Crippen molar-refractivity contribution in [1.82, 2.24) is 25.0 Å². The number of carbonyl (C=O) groups excluding carboxylic acids is 1. The molecule has 27 heavy (non-hydrogen) atoms. The van der Waals surface area contributed by atoms with Crippen LogP contribution in [0.4, 0.5) is 10.2 Å². The Bertz CT molecular complexity index is 966. The first-order valence-electron chi connectivity index (χ1n) is 8.60. The van der Waals surface area contributed by atoms with E-state index in [0.29, 0.717) is 29.3 Å². The highest BCUT2D eigenvalue weighted by atomic mass is 19.1. The first-order valence-corrected chi connectivity index (χ1v) is 8.60. The molecule has 0 aliphatic heterocycles. The van der Waals surface area contributed by atoms with Gasteiger partial charge in [0.1, 0.15) is 17.3 Å². The van der Waals surface area contributed by atoms with Gasteiger partial charge in [-0.05, 0) is 43.5 Å². The summed E-state index contributed by atoms with van der Waals surface area (Å²) in [5.41, 5.74) is 6.10. The number of carbonyl (C=O) groups is 1. The number of primary amides is 1. The molecular weight excluding hydrogens is 349 g/mol. The van der Waals surface area contributed by atoms with Gasteiger partial charge in [-0.3, -0.25) is 14.5 Å². The lowest BCUT2D eigenvalue weighted by molar-refractivity contribution is 0.1000. The number of hydrogen-bond donors (Lipinski definition) is 2. The maximum Gasteiger partial charge on any atom is 0.251 e. The molecule has 138 valence electrons. The van der Waals surface area contributed by atoms with E-state index in [0.717, 1.165) is 19.3 Å². The van der Waals surface area contributed by atoms with E-state index in [9.17, 15) is 9.18 Å². The van der Waals surface area contributed by atoms with E-state index in [1.54, 1.807) is 29.2 Å². The third-order valence-corrected chi connectivity index (χ3v) is 4.75. The first-order chi connectivity index (χ1) is 13.1. The summed E-state index contributed by atoms with van der Waals surface area (Å²) in [5.74, 6) is -0.292. The molecule has 1 aliphatic carbocycles. The van der Waals surface area contributed by atoms with Gasteiger partial charge in [0.15, 0.2) is 0 Å². The van der Waals surface area contributed by atoms with Crippen LogP contribution in [0.25, 0.3) is 0 Å². The molecule has 0 spiro atoms. The highest BCUT2D eigenvalue weighted by Gasteiger charge is 2.42. The van der Waals surface area contributed by atoms with Crippen LogP contribution in [0.2, 0.25) is 0 Å². The Morgan fingerprint density at radius 1 is 1.30 bits per heavy atom. The van der Waals surface area contributed by atoms with Gasteiger partial charge in [0.2, 0.25) is 0 Å². The number of aromatic nitrogens is 5. The lowest BCUT2D eigenvalue weighted by atomic mass is 9.74. The van der Waals surface area contributed by atoms with Crippen LogP contribution >= 0.6 is 0 Å². The van der Waals surface area contributed by atoms with Crippen molar-refractivity contribution in [1.29, 1.82) is 0 Å². The predicted molar refractivity (Wildman–Crippen MR) is 95.2 cm³/mol. The molecule has 0 atom stereocenters. The number of rotatable bonds is 6. The molecule has 0 saturated heterocycles. The van der Waals surface area contributed by atoms with Crippen LogP contribution in [-0.2, 0) is 12.1 Å². The Morgan fingerprint density at radius 2 is 2.15 bits per heavy atom. The van der Waals surface area contributed by atoms with E-state index in [-0.39, 0.29) is 5.82 Å². The Morgan fingerprint density at radius 3 is 2.74 bits per heavy atom. The van der Waals surface area contributed by atoms with E-state index in [2.05, 4.69) is 25.6 Å². The third-order valence-electron chi connectivity index (χ3n) is 4.75. The van der Waals surface area contributed by atoms with E-state index in [4.69, 9.17) is 5.73 Å². The lowest BCUT2D eigenvalue weighted by Crippen LogP contribution is -2.43. The van der Waals surface area contributed by atoms with Crippen molar-refractivity contribution in [3.63, 3.8) is 0 Å². The molecule has 3 heterocycles. The average Bonchev–Trinajstić information content (AvgIpc) is 3.09. The second-order valence-electron chi connectivity index (χ2n) is 6.60. The van der Waals surface area contributed by atoms with Gasteiger partial charge >= 0.3 is 0 Å². The van der Waals surface area contributed by atoms with Crippen molar-refractivity contribution >= 4 is 11.7 Å². The zero-order valence-electron chi connectivity index (χ0n) is 14.5. The zero-order chi connectivity index (χ0) is 18.9. The van der Waals surface area contributed by atoms with E-state index in [1.165, 1.54) is 12.3 Å². The molecule has 8 nitrogen and oxygen atoms in total. The number of hydrogen-bond acceptors (Lipinski definition) is 6. The largest absolute Gasteiger partial charge is 0.366 e. The molecule has 1 saturated carbocycles. The van der Waals surface area contributed by atoms with Gasteiger partial charge in [0.05, 0.1) is 29.5 Å². The molecule has 1 amide bonds. The van der Waals surface area contributed by atoms with E-state index < -0.39 is 11.4 Å². The number of amides is 1. The van der Waals surface area contributed by atoms with Crippen LogP contribution in [0, 0.1) is 5.82 Å². The van der Waals surface area contributed by atoms with Gasteiger partial charge in [-0.1, -0.05) is 0 Å². The van der Waals surface area contributed by atoms with E-state index in [1.807, 2.05) is 6.07 Å². The Hall–Kier alpha value is -3.36. The summed E-state index contributed by atoms with van der Waals surface area (Å²) in [6.45, 7) is 0.362. The van der Waals surface area contributed by atoms with Crippen LogP contribution in [-0.4, -0.2) is 30.9 Å². The molecule has 4 rings (SSSR count). The number of anilines is 1. The van der Waals surface area contributed by atoms with E-state index >= 15 is 0 Å². The monoisotopic (exact) mass is 367 g/mol. The molecule has 0 radical (unpaired) electrons. The molecule has 3 N–H and O–H groups in total. The number of nitrogens with one attached hydrogen (secondary N) is 1. The minimum atomic E-state index is -0.542. The smallest absolute Gasteiger partial charge is 0.251 e. The number of pyridine rings is 1. The number of nitrogens with two attached hydrogens (primary N) is 1. The second kappa shape index (κ2) is 6.75. The molecule has 3 aromatic rings. The average molecular weight is 367 g/mol. The van der Waals surface area contributed by atoms with Gasteiger partial charge in [0.25, 0.3) is 5.91 Å². The highest BCUT2D eigenvalue weighted by molar-refractivity contribution is 5.92. The molecular formula is C18H18FN7O. The first kappa shape index (κ1) is 17.1. The summed E-state index contributed by atoms with van der Waals surface area (Å²) < 4.78 is 15.8. The summed E-state index contributed by atoms with van der Waals surface area (Å²) >= 11 is 0. The number of nitrogens with zero attached hydrogens (tertiary/aromatic N) is 5. The second-order valence-corrected chi connectivity index (χ2v) is 6.60. The fourth-order valence-electron chi connectivity index (χ4n) is 3.19. The minimum absolute atomic E-state index is 0.321. The highest BCUT2D eigenvalue weighted by Crippen LogP contribution is 2.43. The fourth-order valence-corrected chi connectivity index (χ4v) is 3.19. The maximum absolute atomic E-state index is 14.2. The van der Waals surface area contributed by atoms with Gasteiger partial charge in [0, 0.05) is 12.4 Å². The zero-order valence-corrected chi connectivity index (χ0v) is 14.5. The van der Waals surface area contributed by atoms with Crippen LogP contribution < -0.4 is 11.1 Å². The molecule has 3 aromatic heterocycles. The Labute approximate surface area is 154 Å². The summed E-state index contributed by atoms with van der Waals surface area (Å²) in [4.78, 5) is 15.3. The minimum Gasteiger partial charge on any atom is -0.366 e. The molecule has 9 heteroatoms. The van der Waals surface area contributed by atoms with Gasteiger partial charge < -0.3 is 11.1 Å². The van der Waals surface area contributed by atoms with Gasteiger partial charge in [-0.2, -0.15) is 10.2 Å². The summed E-state index contributed by atoms with van der Waals surface area (Å²) in [6.07, 6.45) is 7.13. The van der Waals surface area contributed by atoms with Crippen LogP contribution in [0.15, 0.2) is 42.9 Å². The molecule has 0 unspecified atom stereocenters. The maximum atomic E-state index is 14.2. The topological polar surface area (TPSA) is 112 Å². The number of halogens is 1. The van der Waals surface area contributed by atoms with Gasteiger partial charge in [-0.25, -0.2) is 4.39 Å². The Balaban J connectivity index is 1.49. The Kier molecular flexibility index (Phi) is 4.27. The molecule has 0 aromatic carbocycles. The summed E-state index contributed by atoms with van der Waals surface area (Å²) in [5, 5.41) is 15.7. The van der Waals surface area contributed by atoms with Crippen LogP contribution in [0.3, 0.4) is 0 Å². The van der Waals surface area contributed by atoms with Crippen molar-refractivity contribution in [3.05, 3.63) is 65.6 Å². The standard InChI is InChI=1S/C18H18FN7O/c19-14-3-1-8-21-16(14)18(6-2-7-18)23-15-5-4-13(24-25-15)11-26-10-12(9-22-26)17(20)27/h1,3-5,8-10H,2,6-7,11H2,(H2,20,27)(H,23,25). The SMILES string of the molecule is NC(=O)c1cnn(Cc2ccc(NC3(c4ncccc4F)CCC3)nn2)c1. The molecule has 0 bridgehead atoms. The summed E-state index contributed by atoms with van der Waals surface area (Å²) in [7, 11) is 0. The summed E-state index contributed by atoms with van der Waals surface area (Å²) in [6, 6.07) is 6.60. The quantitative estimate of drug-likeness (QED) is 0.688. The van der Waals surface area contributed by atoms with Crippen molar-refractivity contribution in [3.8, 4) is 0 Å². The van der Waals surface area contributed by atoms with Crippen molar-refractivity contribution in [2.24, 2.45) is 5.73 Å². The van der Waals surface area contributed by atoms with Crippen LogP contribution in [0.5, 0.6) is 0 Å². The lowest BCUT2D eigenvalue weighted by Gasteiger charge is -2.42. The van der Waals surface area contributed by atoms with Crippen LogP contribution in [0.1, 0.15) is 41.0 Å². The third kappa shape index (κ3) is 3.35. The normalized spacial score (nSPS) is 15.1. The van der Waals surface area contributed by atoms with Crippen molar-refractivity contribution in [2.45, 2.75) is 31.3 Å². The fraction of sp³-hybridized carbons (Fsp3) is 0.278. The van der Waals surface area contributed by atoms with Crippen molar-refractivity contribution < 1.29 is 9.18 Å².